The molecule has 1 amide bonds. The molecule has 128 valence electrons. The number of pyridine rings is 1. The predicted molar refractivity (Wildman–Crippen MR) is 90.5 cm³/mol. The Labute approximate surface area is 142 Å². The van der Waals surface area contributed by atoms with Crippen molar-refractivity contribution in [2.45, 2.75) is 12.8 Å². The van der Waals surface area contributed by atoms with Gasteiger partial charge in [-0.3, -0.25) is 9.59 Å². The first-order valence-corrected chi connectivity index (χ1v) is 7.69. The lowest BCUT2D eigenvalue weighted by Crippen LogP contribution is -2.23. The standard InChI is InChI=1S/C18H16FN3O3/c1-22-10-4-7-14(18(22)24)21-16(23)8-9-17-20-11-15(25-17)12-5-2-3-6-13(12)19/h2-7,10-11H,8-9H2,1H3,(H,21,23). The molecule has 7 heteroatoms. The van der Waals surface area contributed by atoms with Gasteiger partial charge in [-0.05, 0) is 24.3 Å². The lowest BCUT2D eigenvalue weighted by molar-refractivity contribution is -0.116. The Kier molecular flexibility index (Phi) is 4.74. The molecule has 0 bridgehead atoms. The van der Waals surface area contributed by atoms with Gasteiger partial charge in [-0.15, -0.1) is 0 Å². The first kappa shape index (κ1) is 16.6. The third kappa shape index (κ3) is 3.82. The van der Waals surface area contributed by atoms with E-state index in [4.69, 9.17) is 4.42 Å². The molecule has 0 aliphatic heterocycles. The summed E-state index contributed by atoms with van der Waals surface area (Å²) in [5.41, 5.74) is 0.252. The molecule has 2 heterocycles. The maximum absolute atomic E-state index is 13.7. The van der Waals surface area contributed by atoms with Crippen LogP contribution < -0.4 is 10.9 Å². The van der Waals surface area contributed by atoms with Crippen LogP contribution in [0.4, 0.5) is 10.1 Å². The van der Waals surface area contributed by atoms with Crippen molar-refractivity contribution in [2.75, 3.05) is 5.32 Å². The SMILES string of the molecule is Cn1cccc(NC(=O)CCc2ncc(-c3ccccc3F)o2)c1=O. The Morgan fingerprint density at radius 3 is 2.88 bits per heavy atom. The largest absolute Gasteiger partial charge is 0.441 e. The summed E-state index contributed by atoms with van der Waals surface area (Å²) in [6, 6.07) is 9.44. The molecule has 0 spiro atoms. The molecule has 3 aromatic rings. The fraction of sp³-hybridized carbons (Fsp3) is 0.167. The number of rotatable bonds is 5. The smallest absolute Gasteiger partial charge is 0.274 e. The van der Waals surface area contributed by atoms with Crippen LogP contribution in [-0.4, -0.2) is 15.5 Å². The summed E-state index contributed by atoms with van der Waals surface area (Å²) >= 11 is 0. The molecule has 0 unspecified atom stereocenters. The number of nitrogens with one attached hydrogen (secondary N) is 1. The topological polar surface area (TPSA) is 77.1 Å². The van der Waals surface area contributed by atoms with Crippen molar-refractivity contribution < 1.29 is 13.6 Å². The Hall–Kier alpha value is -3.22. The number of hydrogen-bond acceptors (Lipinski definition) is 4. The number of oxazole rings is 1. The third-order valence-corrected chi connectivity index (χ3v) is 3.66. The third-order valence-electron chi connectivity index (χ3n) is 3.66. The normalized spacial score (nSPS) is 10.6. The number of halogens is 1. The van der Waals surface area contributed by atoms with Crippen LogP contribution in [0.5, 0.6) is 0 Å². The van der Waals surface area contributed by atoms with Crippen molar-refractivity contribution in [1.29, 1.82) is 0 Å². The zero-order chi connectivity index (χ0) is 17.8. The highest BCUT2D eigenvalue weighted by molar-refractivity contribution is 5.90. The summed E-state index contributed by atoms with van der Waals surface area (Å²) in [5, 5.41) is 2.57. The van der Waals surface area contributed by atoms with Crippen LogP contribution in [0.1, 0.15) is 12.3 Å². The van der Waals surface area contributed by atoms with Gasteiger partial charge in [0, 0.05) is 26.1 Å². The van der Waals surface area contributed by atoms with Crippen molar-refractivity contribution in [3.05, 3.63) is 70.9 Å². The van der Waals surface area contributed by atoms with E-state index >= 15 is 0 Å². The molecular formula is C18H16FN3O3. The fourth-order valence-electron chi connectivity index (χ4n) is 2.34. The fourth-order valence-corrected chi connectivity index (χ4v) is 2.34. The monoisotopic (exact) mass is 341 g/mol. The maximum atomic E-state index is 13.7. The molecule has 3 rings (SSSR count). The molecule has 0 saturated carbocycles. The molecule has 0 radical (unpaired) electrons. The van der Waals surface area contributed by atoms with Crippen LogP contribution in [0, 0.1) is 5.82 Å². The van der Waals surface area contributed by atoms with E-state index in [-0.39, 0.29) is 30.0 Å². The first-order chi connectivity index (χ1) is 12.0. The molecule has 1 N–H and O–H groups in total. The van der Waals surface area contributed by atoms with E-state index in [1.807, 2.05) is 0 Å². The lowest BCUT2D eigenvalue weighted by Gasteiger charge is -2.05. The summed E-state index contributed by atoms with van der Waals surface area (Å²) in [4.78, 5) is 27.9. The van der Waals surface area contributed by atoms with Crippen LogP contribution in [0.25, 0.3) is 11.3 Å². The van der Waals surface area contributed by atoms with E-state index in [0.717, 1.165) is 0 Å². The van der Waals surface area contributed by atoms with Crippen LogP contribution in [-0.2, 0) is 18.3 Å². The van der Waals surface area contributed by atoms with Crippen LogP contribution in [0.3, 0.4) is 0 Å². The van der Waals surface area contributed by atoms with Crippen molar-refractivity contribution in [2.24, 2.45) is 7.05 Å². The van der Waals surface area contributed by atoms with Crippen LogP contribution in [0.15, 0.2) is 58.0 Å². The quantitative estimate of drug-likeness (QED) is 0.774. The number of nitrogens with zero attached hydrogens (tertiary/aromatic N) is 2. The van der Waals surface area contributed by atoms with E-state index in [2.05, 4.69) is 10.3 Å². The van der Waals surface area contributed by atoms with Crippen LogP contribution in [0.2, 0.25) is 0 Å². The van der Waals surface area contributed by atoms with Gasteiger partial charge < -0.3 is 14.3 Å². The number of aryl methyl sites for hydroxylation is 2. The van der Waals surface area contributed by atoms with Gasteiger partial charge in [-0.2, -0.15) is 0 Å². The molecule has 6 nitrogen and oxygen atoms in total. The van der Waals surface area contributed by atoms with E-state index in [1.54, 1.807) is 43.6 Å². The minimum atomic E-state index is -0.400. The van der Waals surface area contributed by atoms with Gasteiger partial charge in [0.25, 0.3) is 5.56 Å². The summed E-state index contributed by atoms with van der Waals surface area (Å²) in [6.07, 6.45) is 3.37. The highest BCUT2D eigenvalue weighted by Crippen LogP contribution is 2.23. The molecule has 0 aliphatic carbocycles. The molecule has 25 heavy (non-hydrogen) atoms. The Morgan fingerprint density at radius 1 is 1.28 bits per heavy atom. The zero-order valence-corrected chi connectivity index (χ0v) is 13.5. The van der Waals surface area contributed by atoms with Gasteiger partial charge in [-0.25, -0.2) is 9.37 Å². The molecule has 0 aliphatic rings. The van der Waals surface area contributed by atoms with Crippen molar-refractivity contribution in [3.63, 3.8) is 0 Å². The molecular weight excluding hydrogens is 325 g/mol. The number of amides is 1. The molecule has 0 saturated heterocycles. The average molecular weight is 341 g/mol. The lowest BCUT2D eigenvalue weighted by atomic mass is 10.2. The number of benzene rings is 1. The number of carbonyl (C=O) groups excluding carboxylic acids is 1. The number of aromatic nitrogens is 2. The molecule has 1 aromatic carbocycles. The van der Waals surface area contributed by atoms with Gasteiger partial charge in [0.2, 0.25) is 5.91 Å². The van der Waals surface area contributed by atoms with Gasteiger partial charge in [0.15, 0.2) is 11.7 Å². The highest BCUT2D eigenvalue weighted by atomic mass is 19.1. The average Bonchev–Trinajstić information content (AvgIpc) is 3.06. The highest BCUT2D eigenvalue weighted by Gasteiger charge is 2.12. The second-order valence-electron chi connectivity index (χ2n) is 5.48. The first-order valence-electron chi connectivity index (χ1n) is 7.69. The van der Waals surface area contributed by atoms with Crippen molar-refractivity contribution in [3.8, 4) is 11.3 Å². The molecule has 0 atom stereocenters. The van der Waals surface area contributed by atoms with Gasteiger partial charge in [-0.1, -0.05) is 12.1 Å². The van der Waals surface area contributed by atoms with Gasteiger partial charge >= 0.3 is 0 Å². The zero-order valence-electron chi connectivity index (χ0n) is 13.5. The van der Waals surface area contributed by atoms with E-state index in [0.29, 0.717) is 17.2 Å². The Balaban J connectivity index is 1.63. The van der Waals surface area contributed by atoms with E-state index < -0.39 is 5.82 Å². The second kappa shape index (κ2) is 7.12. The predicted octanol–water partition coefficient (Wildman–Crippen LogP) is 2.75. The second-order valence-corrected chi connectivity index (χ2v) is 5.48. The minimum Gasteiger partial charge on any atom is -0.441 e. The van der Waals surface area contributed by atoms with Crippen molar-refractivity contribution >= 4 is 11.6 Å². The number of hydrogen-bond donors (Lipinski definition) is 1. The van der Waals surface area contributed by atoms with Crippen LogP contribution >= 0.6 is 0 Å². The molecule has 2 aromatic heterocycles. The number of carbonyl (C=O) groups is 1. The van der Waals surface area contributed by atoms with Crippen molar-refractivity contribution in [1.82, 2.24) is 9.55 Å². The van der Waals surface area contributed by atoms with E-state index in [9.17, 15) is 14.0 Å². The Bertz CT molecular complexity index is 962. The van der Waals surface area contributed by atoms with Gasteiger partial charge in [0.1, 0.15) is 11.5 Å². The minimum absolute atomic E-state index is 0.0925. The number of anilines is 1. The summed E-state index contributed by atoms with van der Waals surface area (Å²) < 4.78 is 20.6. The summed E-state index contributed by atoms with van der Waals surface area (Å²) in [5.74, 6) is -0.0865. The maximum Gasteiger partial charge on any atom is 0.274 e. The Morgan fingerprint density at radius 2 is 2.08 bits per heavy atom. The molecule has 0 fully saturated rings. The van der Waals surface area contributed by atoms with E-state index in [1.165, 1.54) is 16.8 Å². The summed E-state index contributed by atoms with van der Waals surface area (Å²) in [7, 11) is 1.61. The summed E-state index contributed by atoms with van der Waals surface area (Å²) in [6.45, 7) is 0. The van der Waals surface area contributed by atoms with Gasteiger partial charge in [0.05, 0.1) is 11.8 Å².